The summed E-state index contributed by atoms with van der Waals surface area (Å²) in [6.45, 7) is 5.01. The van der Waals surface area contributed by atoms with Gasteiger partial charge in [0, 0.05) is 30.5 Å². The topological polar surface area (TPSA) is 69.0 Å². The zero-order valence-corrected chi connectivity index (χ0v) is 16.6. The fourth-order valence-corrected chi connectivity index (χ4v) is 4.05. The average molecular weight is 396 g/mol. The van der Waals surface area contributed by atoms with Gasteiger partial charge in [0.1, 0.15) is 17.3 Å². The van der Waals surface area contributed by atoms with E-state index in [1.807, 2.05) is 36.9 Å². The Hall–Kier alpha value is -2.96. The fourth-order valence-electron chi connectivity index (χ4n) is 4.05. The highest BCUT2D eigenvalue weighted by Gasteiger charge is 2.62. The Morgan fingerprint density at radius 1 is 1.45 bits per heavy atom. The minimum Gasteiger partial charge on any atom is -0.489 e. The molecule has 1 N–H and O–H groups in total. The molecule has 29 heavy (non-hydrogen) atoms. The summed E-state index contributed by atoms with van der Waals surface area (Å²) in [5, 5.41) is 7.28. The van der Waals surface area contributed by atoms with E-state index in [1.165, 1.54) is 6.08 Å². The largest absolute Gasteiger partial charge is 0.489 e. The van der Waals surface area contributed by atoms with Crippen LogP contribution in [0.2, 0.25) is 0 Å². The van der Waals surface area contributed by atoms with Crippen molar-refractivity contribution >= 4 is 11.7 Å². The van der Waals surface area contributed by atoms with Crippen LogP contribution in [0.3, 0.4) is 0 Å². The number of aryl methyl sites for hydroxylation is 2. The maximum atomic E-state index is 14.0. The number of pyridine rings is 1. The predicted molar refractivity (Wildman–Crippen MR) is 108 cm³/mol. The van der Waals surface area contributed by atoms with Crippen LogP contribution < -0.4 is 10.1 Å². The van der Waals surface area contributed by atoms with Crippen LogP contribution >= 0.6 is 0 Å². The van der Waals surface area contributed by atoms with Crippen molar-refractivity contribution in [2.45, 2.75) is 33.2 Å². The number of hydrogen-bond acceptors (Lipinski definition) is 4. The minimum absolute atomic E-state index is 0.0893. The number of carbonyl (C=O) groups is 1. The Balaban J connectivity index is 1.51. The zero-order chi connectivity index (χ0) is 20.4. The summed E-state index contributed by atoms with van der Waals surface area (Å²) in [5.74, 6) is 0.613. The van der Waals surface area contributed by atoms with Gasteiger partial charge in [-0.2, -0.15) is 5.10 Å². The molecule has 0 saturated heterocycles. The van der Waals surface area contributed by atoms with Gasteiger partial charge in [-0.15, -0.1) is 0 Å². The van der Waals surface area contributed by atoms with E-state index in [0.717, 1.165) is 12.2 Å². The van der Waals surface area contributed by atoms with E-state index >= 15 is 0 Å². The molecule has 3 atom stereocenters. The van der Waals surface area contributed by atoms with Gasteiger partial charge in [-0.25, -0.2) is 9.37 Å². The Morgan fingerprint density at radius 2 is 2.31 bits per heavy atom. The van der Waals surface area contributed by atoms with Crippen LogP contribution in [0.1, 0.15) is 25.5 Å². The number of ether oxygens (including phenoxy) is 1. The van der Waals surface area contributed by atoms with Crippen LogP contribution in [0, 0.1) is 24.2 Å². The molecule has 2 aromatic heterocycles. The number of hydrogen-bond donors (Lipinski definition) is 1. The van der Waals surface area contributed by atoms with Crippen molar-refractivity contribution in [3.05, 3.63) is 60.3 Å². The third-order valence-electron chi connectivity index (χ3n) is 5.85. The molecule has 0 aliphatic heterocycles. The minimum atomic E-state index is -0.443. The summed E-state index contributed by atoms with van der Waals surface area (Å²) in [7, 11) is 0. The molecule has 0 bridgehead atoms. The van der Waals surface area contributed by atoms with Gasteiger partial charge in [0.05, 0.1) is 12.8 Å². The van der Waals surface area contributed by atoms with Crippen LogP contribution in [-0.4, -0.2) is 27.3 Å². The average Bonchev–Trinajstić information content (AvgIpc) is 3.36. The first-order valence-corrected chi connectivity index (χ1v) is 9.93. The molecule has 2 aliphatic rings. The molecule has 0 aromatic carbocycles. The molecule has 1 saturated carbocycles. The summed E-state index contributed by atoms with van der Waals surface area (Å²) in [5.41, 5.74) is 0.365. The number of carbonyl (C=O) groups excluding carboxylic acids is 1. The first-order chi connectivity index (χ1) is 14.0. The van der Waals surface area contributed by atoms with E-state index in [-0.39, 0.29) is 23.6 Å². The molecule has 0 spiro atoms. The second-order valence-electron chi connectivity index (χ2n) is 7.73. The van der Waals surface area contributed by atoms with E-state index in [2.05, 4.69) is 15.4 Å². The highest BCUT2D eigenvalue weighted by molar-refractivity contribution is 5.94. The van der Waals surface area contributed by atoms with E-state index < -0.39 is 5.41 Å². The molecule has 2 heterocycles. The first kappa shape index (κ1) is 19.4. The molecule has 152 valence electrons. The second-order valence-corrected chi connectivity index (χ2v) is 7.73. The molecule has 1 amide bonds. The molecule has 0 radical (unpaired) electrons. The lowest BCUT2D eigenvalue weighted by atomic mass is 9.82. The van der Waals surface area contributed by atoms with Crippen LogP contribution in [0.4, 0.5) is 10.2 Å². The van der Waals surface area contributed by atoms with Crippen LogP contribution in [0.15, 0.2) is 54.6 Å². The number of rotatable bonds is 7. The standard InChI is InChI=1S/C22H25FN4O2/c1-3-27-13-19(15(2)26-27)29-14-22(16-7-6-8-17(23)11-16)12-18(22)21(28)25-20-9-4-5-10-24-20/h4-10,13,16,18H,3,11-12,14H2,1-2H3,(H,24,25,28)/t16?,18-,22+/m0/s1. The first-order valence-electron chi connectivity index (χ1n) is 9.93. The normalized spacial score (nSPS) is 25.4. The second kappa shape index (κ2) is 7.81. The quantitative estimate of drug-likeness (QED) is 0.766. The number of nitrogens with one attached hydrogen (secondary N) is 1. The number of anilines is 1. The lowest BCUT2D eigenvalue weighted by molar-refractivity contribution is -0.118. The third kappa shape index (κ3) is 3.95. The molecule has 2 aromatic rings. The molecule has 1 fully saturated rings. The van der Waals surface area contributed by atoms with Crippen LogP contribution in [0.25, 0.3) is 0 Å². The van der Waals surface area contributed by atoms with E-state index in [9.17, 15) is 9.18 Å². The van der Waals surface area contributed by atoms with Crippen molar-refractivity contribution < 1.29 is 13.9 Å². The van der Waals surface area contributed by atoms with Crippen molar-refractivity contribution in [1.29, 1.82) is 0 Å². The molecule has 7 heteroatoms. The molecule has 6 nitrogen and oxygen atoms in total. The van der Waals surface area contributed by atoms with Gasteiger partial charge in [-0.1, -0.05) is 18.2 Å². The maximum Gasteiger partial charge on any atom is 0.229 e. The zero-order valence-electron chi connectivity index (χ0n) is 16.6. The highest BCUT2D eigenvalue weighted by Crippen LogP contribution is 2.60. The van der Waals surface area contributed by atoms with Gasteiger partial charge in [-0.3, -0.25) is 9.48 Å². The lowest BCUT2D eigenvalue weighted by Gasteiger charge is -2.27. The molecule has 4 rings (SSSR count). The summed E-state index contributed by atoms with van der Waals surface area (Å²) < 4.78 is 21.9. The summed E-state index contributed by atoms with van der Waals surface area (Å²) >= 11 is 0. The van der Waals surface area contributed by atoms with Crippen molar-refractivity contribution in [3.63, 3.8) is 0 Å². The third-order valence-corrected chi connectivity index (χ3v) is 5.85. The van der Waals surface area contributed by atoms with Gasteiger partial charge in [0.25, 0.3) is 0 Å². The van der Waals surface area contributed by atoms with Crippen molar-refractivity contribution in [2.75, 3.05) is 11.9 Å². The Kier molecular flexibility index (Phi) is 5.22. The molecule has 2 aliphatic carbocycles. The van der Waals surface area contributed by atoms with Gasteiger partial charge < -0.3 is 10.1 Å². The monoisotopic (exact) mass is 396 g/mol. The smallest absolute Gasteiger partial charge is 0.229 e. The van der Waals surface area contributed by atoms with Gasteiger partial charge in [0.2, 0.25) is 5.91 Å². The SMILES string of the molecule is CCn1cc(OC[C@@]2(C3C=CC=C(F)C3)C[C@H]2C(=O)Nc2ccccn2)c(C)n1. The van der Waals surface area contributed by atoms with Gasteiger partial charge in [0.15, 0.2) is 5.75 Å². The molecular formula is C22H25FN4O2. The van der Waals surface area contributed by atoms with Gasteiger partial charge >= 0.3 is 0 Å². The number of halogens is 1. The molecular weight excluding hydrogens is 371 g/mol. The lowest BCUT2D eigenvalue weighted by Crippen LogP contribution is -2.30. The number of aromatic nitrogens is 3. The highest BCUT2D eigenvalue weighted by atomic mass is 19.1. The maximum absolute atomic E-state index is 14.0. The summed E-state index contributed by atoms with van der Waals surface area (Å²) in [6, 6.07) is 5.37. The van der Waals surface area contributed by atoms with Crippen LogP contribution in [0.5, 0.6) is 5.75 Å². The number of allylic oxidation sites excluding steroid dienone is 4. The van der Waals surface area contributed by atoms with Crippen molar-refractivity contribution in [2.24, 2.45) is 17.3 Å². The van der Waals surface area contributed by atoms with E-state index in [0.29, 0.717) is 31.0 Å². The number of amides is 1. The van der Waals surface area contributed by atoms with Crippen LogP contribution in [-0.2, 0) is 11.3 Å². The van der Waals surface area contributed by atoms with Gasteiger partial charge in [-0.05, 0) is 44.4 Å². The van der Waals surface area contributed by atoms with Crippen molar-refractivity contribution in [3.8, 4) is 5.75 Å². The van der Waals surface area contributed by atoms with E-state index in [4.69, 9.17) is 4.74 Å². The molecule has 1 unspecified atom stereocenters. The van der Waals surface area contributed by atoms with E-state index in [1.54, 1.807) is 24.4 Å². The number of nitrogens with zero attached hydrogens (tertiary/aromatic N) is 3. The van der Waals surface area contributed by atoms with Crippen molar-refractivity contribution in [1.82, 2.24) is 14.8 Å². The summed E-state index contributed by atoms with van der Waals surface area (Å²) in [4.78, 5) is 17.0. The Morgan fingerprint density at radius 3 is 3.00 bits per heavy atom. The Bertz CT molecular complexity index is 953. The summed E-state index contributed by atoms with van der Waals surface area (Å²) in [6.07, 6.45) is 9.64. The predicted octanol–water partition coefficient (Wildman–Crippen LogP) is 4.06. The Labute approximate surface area is 169 Å². The fraction of sp³-hybridized carbons (Fsp3) is 0.409.